The van der Waals surface area contributed by atoms with Gasteiger partial charge in [0.2, 0.25) is 0 Å². The number of nitrogen functional groups attached to an aromatic ring is 1. The van der Waals surface area contributed by atoms with Crippen LogP contribution in [-0.2, 0) is 11.8 Å². The highest BCUT2D eigenvalue weighted by molar-refractivity contribution is 9.08. The molecule has 0 radical (unpaired) electrons. The van der Waals surface area contributed by atoms with Crippen molar-refractivity contribution in [2.45, 2.75) is 18.7 Å². The summed E-state index contributed by atoms with van der Waals surface area (Å²) >= 11 is 5.24. The molecule has 0 fully saturated rings. The van der Waals surface area contributed by atoms with Crippen molar-refractivity contribution in [1.82, 2.24) is 0 Å². The number of benzene rings is 1. The van der Waals surface area contributed by atoms with E-state index in [4.69, 9.17) is 5.73 Å². The molecule has 2 rings (SSSR count). The van der Waals surface area contributed by atoms with Crippen molar-refractivity contribution in [2.75, 3.05) is 5.73 Å². The van der Waals surface area contributed by atoms with E-state index in [0.29, 0.717) is 0 Å². The lowest BCUT2D eigenvalue weighted by Crippen LogP contribution is -1.87. The maximum atomic E-state index is 6.00. The molecule has 74 valence electrons. The molecular weight excluding hydrogens is 258 g/mol. The molecule has 0 unspecified atom stereocenters. The minimum absolute atomic E-state index is 0.910. The van der Waals surface area contributed by atoms with Crippen molar-refractivity contribution in [1.29, 1.82) is 0 Å². The van der Waals surface area contributed by atoms with Crippen LogP contribution in [0.4, 0.5) is 5.69 Å². The zero-order valence-corrected chi connectivity index (χ0v) is 10.4. The predicted octanol–water partition coefficient (Wildman–Crippen LogP) is 3.94. The van der Waals surface area contributed by atoms with E-state index < -0.39 is 0 Å². The van der Waals surface area contributed by atoms with Gasteiger partial charge in [-0.25, -0.2) is 0 Å². The van der Waals surface area contributed by atoms with Crippen molar-refractivity contribution in [2.24, 2.45) is 0 Å². The van der Waals surface area contributed by atoms with Gasteiger partial charge in [-0.2, -0.15) is 0 Å². The zero-order chi connectivity index (χ0) is 10.1. The first-order valence-corrected chi connectivity index (χ1v) is 6.55. The fourth-order valence-electron chi connectivity index (χ4n) is 1.57. The number of halogens is 1. The Bertz CT molecular complexity index is 462. The molecule has 0 aliphatic heterocycles. The van der Waals surface area contributed by atoms with Crippen molar-refractivity contribution in [3.8, 4) is 0 Å². The van der Waals surface area contributed by atoms with Crippen LogP contribution in [-0.4, -0.2) is 0 Å². The van der Waals surface area contributed by atoms with Gasteiger partial charge < -0.3 is 5.73 Å². The Hall–Kier alpha value is -0.540. The average molecular weight is 270 g/mol. The summed E-state index contributed by atoms with van der Waals surface area (Å²) in [7, 11) is 0. The smallest absolute Gasteiger partial charge is 0.0575 e. The molecule has 0 saturated heterocycles. The van der Waals surface area contributed by atoms with Gasteiger partial charge in [0.05, 0.1) is 4.70 Å². The summed E-state index contributed by atoms with van der Waals surface area (Å²) in [5, 5.41) is 2.19. The summed E-state index contributed by atoms with van der Waals surface area (Å²) in [6.07, 6.45) is 1.04. The van der Waals surface area contributed by atoms with Crippen molar-refractivity contribution in [3.63, 3.8) is 0 Å². The van der Waals surface area contributed by atoms with Crippen LogP contribution in [0.5, 0.6) is 0 Å². The minimum Gasteiger partial charge on any atom is -0.398 e. The summed E-state index contributed by atoms with van der Waals surface area (Å²) < 4.78 is 1.22. The molecule has 0 aliphatic rings. The van der Waals surface area contributed by atoms with Crippen LogP contribution in [0, 0.1) is 0 Å². The Morgan fingerprint density at radius 2 is 2.14 bits per heavy atom. The number of nitrogens with two attached hydrogens (primary N) is 1. The molecule has 1 nitrogen and oxygen atoms in total. The monoisotopic (exact) mass is 269 g/mol. The Balaban J connectivity index is 2.67. The number of alkyl halides is 1. The molecule has 3 heteroatoms. The van der Waals surface area contributed by atoms with E-state index in [-0.39, 0.29) is 0 Å². The highest BCUT2D eigenvalue weighted by Gasteiger charge is 2.05. The summed E-state index contributed by atoms with van der Waals surface area (Å²) in [6.45, 7) is 2.15. The third kappa shape index (κ3) is 1.66. The molecule has 2 N–H and O–H groups in total. The lowest BCUT2D eigenvalue weighted by Gasteiger charge is -2.00. The Kier molecular flexibility index (Phi) is 2.79. The van der Waals surface area contributed by atoms with Crippen molar-refractivity contribution < 1.29 is 0 Å². The summed E-state index contributed by atoms with van der Waals surface area (Å²) in [5.41, 5.74) is 8.22. The van der Waals surface area contributed by atoms with Gasteiger partial charge in [-0.3, -0.25) is 0 Å². The van der Waals surface area contributed by atoms with Gasteiger partial charge in [0.25, 0.3) is 0 Å². The average Bonchev–Trinajstić information content (AvgIpc) is 2.61. The zero-order valence-electron chi connectivity index (χ0n) is 8.01. The van der Waals surface area contributed by atoms with Crippen molar-refractivity contribution in [3.05, 3.63) is 28.6 Å². The molecule has 0 aliphatic carbocycles. The molecule has 0 amide bonds. The van der Waals surface area contributed by atoms with Gasteiger partial charge in [-0.05, 0) is 29.5 Å². The number of hydrogen-bond acceptors (Lipinski definition) is 2. The fraction of sp³-hybridized carbons (Fsp3) is 0.273. The topological polar surface area (TPSA) is 26.0 Å². The fourth-order valence-corrected chi connectivity index (χ4v) is 2.99. The Morgan fingerprint density at radius 1 is 1.36 bits per heavy atom. The first-order chi connectivity index (χ1) is 6.74. The van der Waals surface area contributed by atoms with E-state index >= 15 is 0 Å². The molecule has 1 heterocycles. The van der Waals surface area contributed by atoms with Crippen molar-refractivity contribution >= 4 is 43.0 Å². The summed E-state index contributed by atoms with van der Waals surface area (Å²) in [4.78, 5) is 1.33. The summed E-state index contributed by atoms with van der Waals surface area (Å²) in [5.74, 6) is 0. The first kappa shape index (κ1) is 9.99. The van der Waals surface area contributed by atoms with Gasteiger partial charge in [0.15, 0.2) is 0 Å². The third-order valence-corrected chi connectivity index (χ3v) is 4.47. The largest absolute Gasteiger partial charge is 0.398 e. The van der Waals surface area contributed by atoms with E-state index in [2.05, 4.69) is 41.1 Å². The molecule has 0 saturated carbocycles. The number of anilines is 1. The molecule has 1 aromatic carbocycles. The normalized spacial score (nSPS) is 11.0. The van der Waals surface area contributed by atoms with E-state index in [1.807, 2.05) is 0 Å². The second-order valence-electron chi connectivity index (χ2n) is 3.30. The van der Waals surface area contributed by atoms with E-state index in [1.54, 1.807) is 11.3 Å². The standard InChI is InChI=1S/C11H12BrNS/c1-2-7-3-8-5-9(6-12)14-11(8)10(13)4-7/h3-5H,2,6,13H2,1H3. The molecule has 0 spiro atoms. The van der Waals surface area contributed by atoms with Crippen LogP contribution >= 0.6 is 27.3 Å². The van der Waals surface area contributed by atoms with Crippen LogP contribution in [0.2, 0.25) is 0 Å². The summed E-state index contributed by atoms with van der Waals surface area (Å²) in [6, 6.07) is 6.52. The highest BCUT2D eigenvalue weighted by atomic mass is 79.9. The Morgan fingerprint density at radius 3 is 2.79 bits per heavy atom. The number of fused-ring (bicyclic) bond motifs is 1. The van der Waals surface area contributed by atoms with Crippen LogP contribution in [0.3, 0.4) is 0 Å². The molecule has 2 aromatic rings. The second-order valence-corrected chi connectivity index (χ2v) is 5.00. The molecular formula is C11H12BrNS. The predicted molar refractivity (Wildman–Crippen MR) is 68.2 cm³/mol. The lowest BCUT2D eigenvalue weighted by atomic mass is 10.1. The molecule has 0 atom stereocenters. The minimum atomic E-state index is 0.910. The van der Waals surface area contributed by atoms with Gasteiger partial charge in [0, 0.05) is 15.9 Å². The number of hydrogen-bond donors (Lipinski definition) is 1. The van der Waals surface area contributed by atoms with Gasteiger partial charge in [-0.15, -0.1) is 11.3 Å². The lowest BCUT2D eigenvalue weighted by molar-refractivity contribution is 1.15. The van der Waals surface area contributed by atoms with Crippen LogP contribution in [0.1, 0.15) is 17.4 Å². The van der Waals surface area contributed by atoms with Gasteiger partial charge >= 0.3 is 0 Å². The second kappa shape index (κ2) is 3.91. The van der Waals surface area contributed by atoms with Crippen LogP contribution < -0.4 is 5.73 Å². The van der Waals surface area contributed by atoms with E-state index in [9.17, 15) is 0 Å². The van der Waals surface area contributed by atoms with Gasteiger partial charge in [-0.1, -0.05) is 28.9 Å². The number of aryl methyl sites for hydroxylation is 1. The first-order valence-electron chi connectivity index (χ1n) is 4.61. The molecule has 14 heavy (non-hydrogen) atoms. The quantitative estimate of drug-likeness (QED) is 0.649. The molecule has 0 bridgehead atoms. The van der Waals surface area contributed by atoms with Gasteiger partial charge in [0.1, 0.15) is 0 Å². The SMILES string of the molecule is CCc1cc(N)c2sc(CBr)cc2c1. The third-order valence-electron chi connectivity index (χ3n) is 2.30. The number of thiophene rings is 1. The maximum absolute atomic E-state index is 6.00. The molecule has 1 aromatic heterocycles. The number of rotatable bonds is 2. The van der Waals surface area contributed by atoms with E-state index in [1.165, 1.54) is 20.5 Å². The van der Waals surface area contributed by atoms with Crippen LogP contribution in [0.25, 0.3) is 10.1 Å². The highest BCUT2D eigenvalue weighted by Crippen LogP contribution is 2.32. The Labute approximate surface area is 96.1 Å². The van der Waals surface area contributed by atoms with E-state index in [0.717, 1.165) is 17.4 Å². The van der Waals surface area contributed by atoms with Crippen LogP contribution in [0.15, 0.2) is 18.2 Å². The maximum Gasteiger partial charge on any atom is 0.0575 e.